The topological polar surface area (TPSA) is 64.6 Å². The average molecular weight is 251 g/mol. The summed E-state index contributed by atoms with van der Waals surface area (Å²) in [5.41, 5.74) is -0.198. The van der Waals surface area contributed by atoms with Gasteiger partial charge in [0.15, 0.2) is 5.75 Å². The molecule has 0 radical (unpaired) electrons. The van der Waals surface area contributed by atoms with E-state index in [1.165, 1.54) is 6.92 Å². The number of nitrogens with one attached hydrogen (secondary N) is 1. The molecule has 5 heteroatoms. The molecule has 1 rings (SSSR count). The minimum absolute atomic E-state index is 0.241. The van der Waals surface area contributed by atoms with Gasteiger partial charge in [0.25, 0.3) is 0 Å². The Bertz CT molecular complexity index is 449. The molecular formula is C13H17NO4. The van der Waals surface area contributed by atoms with Gasteiger partial charge >= 0.3 is 6.16 Å². The number of hydrogen-bond donors (Lipinski definition) is 1. The van der Waals surface area contributed by atoms with E-state index < -0.39 is 11.8 Å². The van der Waals surface area contributed by atoms with Crippen LogP contribution in [0.25, 0.3) is 0 Å². The highest BCUT2D eigenvalue weighted by Gasteiger charge is 2.19. The van der Waals surface area contributed by atoms with Gasteiger partial charge in [-0.15, -0.1) is 0 Å². The predicted molar refractivity (Wildman–Crippen MR) is 67.6 cm³/mol. The molecule has 1 amide bonds. The van der Waals surface area contributed by atoms with Gasteiger partial charge in [0.2, 0.25) is 5.91 Å². The lowest BCUT2D eigenvalue weighted by molar-refractivity contribution is -0.114. The van der Waals surface area contributed by atoms with Crippen molar-refractivity contribution in [1.82, 2.24) is 0 Å². The quantitative estimate of drug-likeness (QED) is 0.648. The molecule has 0 aliphatic carbocycles. The van der Waals surface area contributed by atoms with E-state index in [-0.39, 0.29) is 11.7 Å². The molecule has 1 aromatic carbocycles. The Morgan fingerprint density at radius 1 is 1.17 bits per heavy atom. The van der Waals surface area contributed by atoms with Crippen molar-refractivity contribution in [2.24, 2.45) is 0 Å². The van der Waals surface area contributed by atoms with Gasteiger partial charge in [-0.3, -0.25) is 4.79 Å². The van der Waals surface area contributed by atoms with Crippen LogP contribution in [0.1, 0.15) is 27.7 Å². The third kappa shape index (κ3) is 4.86. The van der Waals surface area contributed by atoms with Gasteiger partial charge in [-0.1, -0.05) is 12.1 Å². The number of hydrogen-bond acceptors (Lipinski definition) is 4. The van der Waals surface area contributed by atoms with E-state index in [2.05, 4.69) is 5.32 Å². The predicted octanol–water partition coefficient (Wildman–Crippen LogP) is 2.96. The summed E-state index contributed by atoms with van der Waals surface area (Å²) in [5.74, 6) is 0.0113. The average Bonchev–Trinajstić information content (AvgIpc) is 2.17. The lowest BCUT2D eigenvalue weighted by atomic mass is 10.2. The van der Waals surface area contributed by atoms with Gasteiger partial charge in [0.1, 0.15) is 5.60 Å². The van der Waals surface area contributed by atoms with E-state index in [0.717, 1.165) is 0 Å². The summed E-state index contributed by atoms with van der Waals surface area (Å²) in [4.78, 5) is 22.5. The van der Waals surface area contributed by atoms with Crippen LogP contribution >= 0.6 is 0 Å². The first-order valence-electron chi connectivity index (χ1n) is 5.55. The van der Waals surface area contributed by atoms with Crippen molar-refractivity contribution in [3.8, 4) is 5.75 Å². The van der Waals surface area contributed by atoms with Crippen LogP contribution in [0, 0.1) is 0 Å². The number of amides is 1. The number of carbonyl (C=O) groups excluding carboxylic acids is 2. The zero-order chi connectivity index (χ0) is 13.8. The second-order valence-corrected chi connectivity index (χ2v) is 4.74. The Kier molecular flexibility index (Phi) is 4.31. The molecule has 0 saturated heterocycles. The highest BCUT2D eigenvalue weighted by molar-refractivity contribution is 5.90. The van der Waals surface area contributed by atoms with E-state index in [4.69, 9.17) is 9.47 Å². The Morgan fingerprint density at radius 2 is 1.78 bits per heavy atom. The van der Waals surface area contributed by atoms with Crippen LogP contribution in [0.2, 0.25) is 0 Å². The summed E-state index contributed by atoms with van der Waals surface area (Å²) in [7, 11) is 0. The zero-order valence-electron chi connectivity index (χ0n) is 10.9. The maximum absolute atomic E-state index is 11.5. The number of ether oxygens (including phenoxy) is 2. The first kappa shape index (κ1) is 14.0. The molecule has 0 atom stereocenters. The van der Waals surface area contributed by atoms with Crippen LogP contribution in [-0.4, -0.2) is 17.7 Å². The fourth-order valence-corrected chi connectivity index (χ4v) is 1.21. The van der Waals surface area contributed by atoms with Gasteiger partial charge in [-0.05, 0) is 32.9 Å². The molecule has 0 aromatic heterocycles. The van der Waals surface area contributed by atoms with E-state index in [1.807, 2.05) is 0 Å². The minimum atomic E-state index is -0.805. The Morgan fingerprint density at radius 3 is 2.33 bits per heavy atom. The standard InChI is InChI=1S/C13H17NO4/c1-9(15)14-10-7-5-6-8-11(10)17-12(16)18-13(2,3)4/h5-8H,1-4H3,(H,14,15). The molecule has 0 spiro atoms. The van der Waals surface area contributed by atoms with E-state index in [0.29, 0.717) is 5.69 Å². The lowest BCUT2D eigenvalue weighted by Crippen LogP contribution is -2.26. The van der Waals surface area contributed by atoms with Gasteiger partial charge < -0.3 is 14.8 Å². The van der Waals surface area contributed by atoms with Crippen molar-refractivity contribution in [1.29, 1.82) is 0 Å². The van der Waals surface area contributed by atoms with Crippen LogP contribution in [-0.2, 0) is 9.53 Å². The second kappa shape index (κ2) is 5.53. The van der Waals surface area contributed by atoms with Gasteiger partial charge in [0.05, 0.1) is 5.69 Å². The van der Waals surface area contributed by atoms with Crippen molar-refractivity contribution in [3.63, 3.8) is 0 Å². The van der Waals surface area contributed by atoms with Crippen molar-refractivity contribution in [2.75, 3.05) is 5.32 Å². The molecule has 18 heavy (non-hydrogen) atoms. The van der Waals surface area contributed by atoms with Gasteiger partial charge in [-0.2, -0.15) is 0 Å². The van der Waals surface area contributed by atoms with E-state index >= 15 is 0 Å². The molecule has 0 aliphatic rings. The SMILES string of the molecule is CC(=O)Nc1ccccc1OC(=O)OC(C)(C)C. The molecule has 0 unspecified atom stereocenters. The molecule has 1 aromatic rings. The summed E-state index contributed by atoms with van der Waals surface area (Å²) in [6, 6.07) is 6.65. The monoisotopic (exact) mass is 251 g/mol. The van der Waals surface area contributed by atoms with Crippen LogP contribution in [0.15, 0.2) is 24.3 Å². The number of rotatable bonds is 2. The van der Waals surface area contributed by atoms with Gasteiger partial charge in [0, 0.05) is 6.92 Å². The number of carbonyl (C=O) groups is 2. The van der Waals surface area contributed by atoms with Crippen LogP contribution in [0.3, 0.4) is 0 Å². The maximum atomic E-state index is 11.5. The number of para-hydroxylation sites is 2. The van der Waals surface area contributed by atoms with E-state index in [9.17, 15) is 9.59 Å². The Labute approximate surface area is 106 Å². The normalized spacial score (nSPS) is 10.7. The fraction of sp³-hybridized carbons (Fsp3) is 0.385. The maximum Gasteiger partial charge on any atom is 0.514 e. The molecule has 0 aliphatic heterocycles. The summed E-state index contributed by atoms with van der Waals surface area (Å²) < 4.78 is 10.1. The molecule has 1 N–H and O–H groups in total. The molecular weight excluding hydrogens is 234 g/mol. The van der Waals surface area contributed by atoms with Gasteiger partial charge in [-0.25, -0.2) is 4.79 Å². The summed E-state index contributed by atoms with van der Waals surface area (Å²) in [6.07, 6.45) is -0.805. The van der Waals surface area contributed by atoms with Crippen molar-refractivity contribution >= 4 is 17.7 Å². The van der Waals surface area contributed by atoms with Crippen molar-refractivity contribution in [2.45, 2.75) is 33.3 Å². The Balaban J connectivity index is 2.78. The second-order valence-electron chi connectivity index (χ2n) is 4.74. The molecule has 0 bridgehead atoms. The van der Waals surface area contributed by atoms with Crippen molar-refractivity contribution in [3.05, 3.63) is 24.3 Å². The number of benzene rings is 1. The molecule has 0 saturated carbocycles. The smallest absolute Gasteiger partial charge is 0.428 e. The van der Waals surface area contributed by atoms with E-state index in [1.54, 1.807) is 45.0 Å². The van der Waals surface area contributed by atoms with Crippen molar-refractivity contribution < 1.29 is 19.1 Å². The van der Waals surface area contributed by atoms with Crippen LogP contribution in [0.4, 0.5) is 10.5 Å². The first-order chi connectivity index (χ1) is 8.28. The summed E-state index contributed by atoms with van der Waals surface area (Å²) >= 11 is 0. The highest BCUT2D eigenvalue weighted by atomic mass is 16.7. The highest BCUT2D eigenvalue weighted by Crippen LogP contribution is 2.24. The third-order valence-electron chi connectivity index (χ3n) is 1.78. The first-order valence-corrected chi connectivity index (χ1v) is 5.55. The zero-order valence-corrected chi connectivity index (χ0v) is 10.9. The van der Waals surface area contributed by atoms with Crippen LogP contribution < -0.4 is 10.1 Å². The molecule has 98 valence electrons. The third-order valence-corrected chi connectivity index (χ3v) is 1.78. The van der Waals surface area contributed by atoms with Crippen LogP contribution in [0.5, 0.6) is 5.75 Å². The minimum Gasteiger partial charge on any atom is -0.428 e. The summed E-state index contributed by atoms with van der Waals surface area (Å²) in [5, 5.41) is 2.57. The molecule has 5 nitrogen and oxygen atoms in total. The number of anilines is 1. The summed E-state index contributed by atoms with van der Waals surface area (Å²) in [6.45, 7) is 6.61. The largest absolute Gasteiger partial charge is 0.514 e. The lowest BCUT2D eigenvalue weighted by Gasteiger charge is -2.19. The fourth-order valence-electron chi connectivity index (χ4n) is 1.21. The molecule has 0 heterocycles. The Hall–Kier alpha value is -2.04. The molecule has 0 fully saturated rings.